The lowest BCUT2D eigenvalue weighted by Gasteiger charge is -2.54. The Balaban J connectivity index is 1.50. The smallest absolute Gasteiger partial charge is 0.255 e. The van der Waals surface area contributed by atoms with Crippen LogP contribution in [0.4, 0.5) is 0 Å². The largest absolute Gasteiger partial charge is 0.508 e. The molecule has 178 valence electrons. The monoisotopic (exact) mass is 458 g/mol. The number of aliphatic hydroxyl groups is 4. The van der Waals surface area contributed by atoms with Gasteiger partial charge in [-0.25, -0.2) is 0 Å². The Morgan fingerprint density at radius 2 is 1.79 bits per heavy atom. The third-order valence-electron chi connectivity index (χ3n) is 8.42. The van der Waals surface area contributed by atoms with Crippen molar-refractivity contribution in [1.29, 1.82) is 0 Å². The van der Waals surface area contributed by atoms with E-state index in [1.807, 2.05) is 12.2 Å². The molecule has 6 N–H and O–H groups in total. The van der Waals surface area contributed by atoms with E-state index in [9.17, 15) is 34.8 Å². The molecule has 1 amide bonds. The Hall–Kier alpha value is -2.49. The standard InChI is InChI=1S/C24H30N2O7/c25-23(32)18-15(27)10-13-9-12-8-11-4-5-14(26-6-2-1-3-7-26)19(28)16(11)20(29)17(12)21(30)24(13,33)22(18)31/h4-5,12-13,16-17,19,21,28,30-31,33H,1-3,6-10H2,(H2,25,32)/t12-,13-,16?,17?,19?,21?,24-/m0/s1. The molecule has 9 heteroatoms. The summed E-state index contributed by atoms with van der Waals surface area (Å²) in [6.07, 6.45) is 4.56. The summed E-state index contributed by atoms with van der Waals surface area (Å²) in [4.78, 5) is 39.9. The summed E-state index contributed by atoms with van der Waals surface area (Å²) < 4.78 is 0. The number of amides is 1. The van der Waals surface area contributed by atoms with Crippen LogP contribution in [0.5, 0.6) is 0 Å². The Morgan fingerprint density at radius 1 is 1.09 bits per heavy atom. The third kappa shape index (κ3) is 3.13. The number of hydrogen-bond acceptors (Lipinski definition) is 8. The molecular formula is C24H30N2O7. The van der Waals surface area contributed by atoms with E-state index in [0.717, 1.165) is 37.9 Å². The number of carbonyl (C=O) groups is 3. The van der Waals surface area contributed by atoms with E-state index in [2.05, 4.69) is 4.90 Å². The summed E-state index contributed by atoms with van der Waals surface area (Å²) >= 11 is 0. The van der Waals surface area contributed by atoms with Crippen LogP contribution in [0.2, 0.25) is 0 Å². The molecule has 4 unspecified atom stereocenters. The summed E-state index contributed by atoms with van der Waals surface area (Å²) in [5, 5.41) is 44.4. The van der Waals surface area contributed by atoms with Crippen LogP contribution in [-0.2, 0) is 14.4 Å². The van der Waals surface area contributed by atoms with Crippen molar-refractivity contribution in [3.05, 3.63) is 34.8 Å². The maximum absolute atomic E-state index is 13.7. The van der Waals surface area contributed by atoms with Crippen molar-refractivity contribution in [3.63, 3.8) is 0 Å². The first-order valence-corrected chi connectivity index (χ1v) is 11.7. The Bertz CT molecular complexity index is 1010. The predicted molar refractivity (Wildman–Crippen MR) is 115 cm³/mol. The van der Waals surface area contributed by atoms with E-state index in [0.29, 0.717) is 12.1 Å². The number of likely N-dealkylation sites (tertiary alicyclic amines) is 1. The molecule has 0 aromatic carbocycles. The zero-order valence-electron chi connectivity index (χ0n) is 18.3. The summed E-state index contributed by atoms with van der Waals surface area (Å²) in [7, 11) is 0. The van der Waals surface area contributed by atoms with Gasteiger partial charge in [0.25, 0.3) is 5.91 Å². The molecular weight excluding hydrogens is 428 g/mol. The van der Waals surface area contributed by atoms with Crippen LogP contribution in [0, 0.1) is 23.7 Å². The Morgan fingerprint density at radius 3 is 2.45 bits per heavy atom. The number of piperidine rings is 1. The van der Waals surface area contributed by atoms with Crippen LogP contribution in [-0.4, -0.2) is 73.7 Å². The molecule has 0 radical (unpaired) electrons. The average molecular weight is 459 g/mol. The van der Waals surface area contributed by atoms with E-state index in [4.69, 9.17) is 5.73 Å². The molecule has 9 nitrogen and oxygen atoms in total. The summed E-state index contributed by atoms with van der Waals surface area (Å²) in [6.45, 7) is 1.62. The van der Waals surface area contributed by atoms with Gasteiger partial charge in [0, 0.05) is 31.1 Å². The number of primary amides is 1. The van der Waals surface area contributed by atoms with Gasteiger partial charge in [0.2, 0.25) is 0 Å². The lowest BCUT2D eigenvalue weighted by molar-refractivity contribution is -0.187. The number of Topliss-reactive ketones (excluding diaryl/α,β-unsaturated/α-hetero) is 2. The molecule has 0 aromatic heterocycles. The van der Waals surface area contributed by atoms with Crippen LogP contribution in [0.15, 0.2) is 34.8 Å². The molecule has 1 heterocycles. The second-order valence-electron chi connectivity index (χ2n) is 10.1. The van der Waals surface area contributed by atoms with Crippen LogP contribution >= 0.6 is 0 Å². The van der Waals surface area contributed by atoms with Gasteiger partial charge in [-0.1, -0.05) is 11.6 Å². The van der Waals surface area contributed by atoms with Gasteiger partial charge in [-0.2, -0.15) is 0 Å². The molecule has 5 aliphatic rings. The van der Waals surface area contributed by atoms with Crippen molar-refractivity contribution in [1.82, 2.24) is 4.90 Å². The number of rotatable bonds is 2. The second kappa shape index (κ2) is 7.78. The number of carbonyl (C=O) groups excluding carboxylic acids is 3. The zero-order chi connectivity index (χ0) is 23.7. The highest BCUT2D eigenvalue weighted by atomic mass is 16.4. The topological polar surface area (TPSA) is 161 Å². The highest BCUT2D eigenvalue weighted by molar-refractivity contribution is 6.20. The van der Waals surface area contributed by atoms with Gasteiger partial charge in [-0.15, -0.1) is 0 Å². The minimum atomic E-state index is -2.32. The number of ketones is 2. The molecule has 0 spiro atoms. The van der Waals surface area contributed by atoms with Crippen LogP contribution in [0.25, 0.3) is 0 Å². The molecule has 7 atom stereocenters. The lowest BCUT2D eigenvalue weighted by Crippen LogP contribution is -2.65. The van der Waals surface area contributed by atoms with Gasteiger partial charge in [0.05, 0.1) is 11.8 Å². The fourth-order valence-corrected chi connectivity index (χ4v) is 6.80. The average Bonchev–Trinajstić information content (AvgIpc) is 2.76. The normalized spacial score (nSPS) is 41.0. The first kappa shape index (κ1) is 22.3. The van der Waals surface area contributed by atoms with E-state index >= 15 is 0 Å². The maximum Gasteiger partial charge on any atom is 0.255 e. The van der Waals surface area contributed by atoms with E-state index in [1.165, 1.54) is 0 Å². The highest BCUT2D eigenvalue weighted by Gasteiger charge is 2.64. The number of fused-ring (bicyclic) bond motifs is 3. The third-order valence-corrected chi connectivity index (χ3v) is 8.42. The fraction of sp³-hybridized carbons (Fsp3) is 0.625. The van der Waals surface area contributed by atoms with Gasteiger partial charge in [-0.05, 0) is 44.1 Å². The van der Waals surface area contributed by atoms with E-state index in [1.54, 1.807) is 0 Å². The first-order chi connectivity index (χ1) is 15.7. The van der Waals surface area contributed by atoms with Crippen molar-refractivity contribution in [3.8, 4) is 0 Å². The van der Waals surface area contributed by atoms with Crippen molar-refractivity contribution in [2.24, 2.45) is 29.4 Å². The molecule has 1 saturated heterocycles. The van der Waals surface area contributed by atoms with Crippen LogP contribution in [0.3, 0.4) is 0 Å². The van der Waals surface area contributed by atoms with Gasteiger partial charge in [0.1, 0.15) is 29.3 Å². The molecule has 3 fully saturated rings. The lowest BCUT2D eigenvalue weighted by atomic mass is 9.53. The number of hydrogen-bond donors (Lipinski definition) is 5. The number of allylic oxidation sites excluding steroid dienone is 2. The van der Waals surface area contributed by atoms with Crippen molar-refractivity contribution >= 4 is 17.5 Å². The molecule has 0 aromatic rings. The maximum atomic E-state index is 13.7. The van der Waals surface area contributed by atoms with Gasteiger partial charge >= 0.3 is 0 Å². The molecule has 0 bridgehead atoms. The van der Waals surface area contributed by atoms with Crippen molar-refractivity contribution < 1.29 is 34.8 Å². The fourth-order valence-electron chi connectivity index (χ4n) is 6.80. The second-order valence-corrected chi connectivity index (χ2v) is 10.1. The molecule has 33 heavy (non-hydrogen) atoms. The van der Waals surface area contributed by atoms with Crippen molar-refractivity contribution in [2.75, 3.05) is 13.1 Å². The first-order valence-electron chi connectivity index (χ1n) is 11.7. The SMILES string of the molecule is NC(=O)C1=C(O)[C@@]2(O)C(O)C3C(=O)C4C(=CC=C(N5CCCCC5)C4O)C[C@H]3C[C@H]2CC1=O. The van der Waals surface area contributed by atoms with Gasteiger partial charge < -0.3 is 31.1 Å². The molecule has 4 aliphatic carbocycles. The number of nitrogens with two attached hydrogens (primary N) is 1. The summed E-state index contributed by atoms with van der Waals surface area (Å²) in [6, 6.07) is 0. The quantitative estimate of drug-likeness (QED) is 0.357. The minimum absolute atomic E-state index is 0.217. The zero-order valence-corrected chi connectivity index (χ0v) is 18.3. The Labute approximate surface area is 191 Å². The molecule has 5 rings (SSSR count). The van der Waals surface area contributed by atoms with E-state index in [-0.39, 0.29) is 18.8 Å². The number of nitrogens with zero attached hydrogens (tertiary/aromatic N) is 1. The van der Waals surface area contributed by atoms with E-state index < -0.39 is 64.4 Å². The van der Waals surface area contributed by atoms with Gasteiger partial charge in [0.15, 0.2) is 11.4 Å². The summed E-state index contributed by atoms with van der Waals surface area (Å²) in [5.41, 5.74) is 3.68. The molecule has 1 aliphatic heterocycles. The predicted octanol–water partition coefficient (Wildman–Crippen LogP) is -0.139. The highest BCUT2D eigenvalue weighted by Crippen LogP contribution is 2.54. The minimum Gasteiger partial charge on any atom is -0.508 e. The van der Waals surface area contributed by atoms with Crippen LogP contribution < -0.4 is 5.73 Å². The van der Waals surface area contributed by atoms with Crippen molar-refractivity contribution in [2.45, 2.75) is 56.3 Å². The Kier molecular flexibility index (Phi) is 5.26. The van der Waals surface area contributed by atoms with Gasteiger partial charge in [-0.3, -0.25) is 14.4 Å². The number of aliphatic hydroxyl groups excluding tert-OH is 3. The molecule has 2 saturated carbocycles. The van der Waals surface area contributed by atoms with Crippen LogP contribution in [0.1, 0.15) is 38.5 Å². The summed E-state index contributed by atoms with van der Waals surface area (Å²) in [5.74, 6) is -6.29.